The summed E-state index contributed by atoms with van der Waals surface area (Å²) in [5.74, 6) is 0. The number of ether oxygens (including phenoxy) is 2. The largest absolute Gasteiger partial charge is 0.389 e. The van der Waals surface area contributed by atoms with Crippen LogP contribution in [0.4, 0.5) is 0 Å². The first-order valence-corrected chi connectivity index (χ1v) is 10.1. The Hall–Kier alpha value is -0.423. The van der Waals surface area contributed by atoms with Gasteiger partial charge in [0.1, 0.15) is 6.79 Å². The number of hydrogen-bond donors (Lipinski definition) is 1. The first-order chi connectivity index (χ1) is 8.26. The Morgan fingerprint density at radius 1 is 1.39 bits per heavy atom. The topological polar surface area (TPSA) is 38.7 Å². The Bertz CT molecular complexity index is 258. The monoisotopic (exact) mass is 272 g/mol. The molecule has 0 bridgehead atoms. The van der Waals surface area contributed by atoms with Gasteiger partial charge in [0.25, 0.3) is 0 Å². The minimum absolute atomic E-state index is 0.105. The van der Waals surface area contributed by atoms with E-state index in [2.05, 4.69) is 32.8 Å². The Kier molecular flexibility index (Phi) is 8.44. The Labute approximate surface area is 113 Å². The fourth-order valence-corrected chi connectivity index (χ4v) is 1.98. The second-order valence-corrected chi connectivity index (χ2v) is 11.4. The van der Waals surface area contributed by atoms with Gasteiger partial charge >= 0.3 is 0 Å². The second kappa shape index (κ2) is 8.64. The molecule has 2 atom stereocenters. The molecule has 106 valence electrons. The van der Waals surface area contributed by atoms with Crippen molar-refractivity contribution in [1.29, 1.82) is 0 Å². The average Bonchev–Trinajstić information content (AvgIpc) is 2.26. The molecule has 3 nitrogen and oxygen atoms in total. The average molecular weight is 272 g/mol. The van der Waals surface area contributed by atoms with Crippen LogP contribution < -0.4 is 0 Å². The predicted molar refractivity (Wildman–Crippen MR) is 79.5 cm³/mol. The Morgan fingerprint density at radius 3 is 2.50 bits per heavy atom. The van der Waals surface area contributed by atoms with Crippen molar-refractivity contribution in [3.8, 4) is 0 Å². The van der Waals surface area contributed by atoms with Crippen LogP contribution in [0.15, 0.2) is 24.8 Å². The minimum atomic E-state index is -1.03. The van der Waals surface area contributed by atoms with E-state index in [9.17, 15) is 5.11 Å². The van der Waals surface area contributed by atoms with Gasteiger partial charge in [-0.3, -0.25) is 0 Å². The van der Waals surface area contributed by atoms with Crippen molar-refractivity contribution in [3.63, 3.8) is 0 Å². The molecule has 0 saturated carbocycles. The van der Waals surface area contributed by atoms with Gasteiger partial charge in [-0.2, -0.15) is 0 Å². The van der Waals surface area contributed by atoms with Gasteiger partial charge in [-0.05, 0) is 18.5 Å². The molecule has 0 rings (SSSR count). The van der Waals surface area contributed by atoms with E-state index in [0.717, 1.165) is 18.2 Å². The summed E-state index contributed by atoms with van der Waals surface area (Å²) in [6.07, 6.45) is 1.34. The summed E-state index contributed by atoms with van der Waals surface area (Å²) in [5, 5.41) is 9.42. The molecule has 0 aliphatic rings. The molecule has 0 aliphatic carbocycles. The molecule has 0 amide bonds. The summed E-state index contributed by atoms with van der Waals surface area (Å²) in [6.45, 7) is 17.3. The highest BCUT2D eigenvalue weighted by Gasteiger charge is 2.13. The summed E-state index contributed by atoms with van der Waals surface area (Å²) < 4.78 is 11.0. The van der Waals surface area contributed by atoms with Crippen LogP contribution in [-0.2, 0) is 9.47 Å². The summed E-state index contributed by atoms with van der Waals surface area (Å²) in [7, 11) is -1.03. The quantitative estimate of drug-likeness (QED) is 0.287. The summed E-state index contributed by atoms with van der Waals surface area (Å²) in [4.78, 5) is 0. The SMILES string of the molecule is C=C[C@H](O)CC(=C)[C@H](C)OCOCC[Si](C)(C)C. The van der Waals surface area contributed by atoms with Crippen molar-refractivity contribution < 1.29 is 14.6 Å². The molecule has 0 heterocycles. The highest BCUT2D eigenvalue weighted by molar-refractivity contribution is 6.76. The maximum Gasteiger partial charge on any atom is 0.147 e. The van der Waals surface area contributed by atoms with Crippen molar-refractivity contribution in [2.75, 3.05) is 13.4 Å². The van der Waals surface area contributed by atoms with E-state index in [1.165, 1.54) is 6.08 Å². The van der Waals surface area contributed by atoms with E-state index in [-0.39, 0.29) is 12.9 Å². The lowest BCUT2D eigenvalue weighted by molar-refractivity contribution is -0.0709. The molecule has 0 radical (unpaired) electrons. The zero-order valence-electron chi connectivity index (χ0n) is 12.2. The normalized spacial score (nSPS) is 15.2. The Morgan fingerprint density at radius 2 is 2.00 bits per heavy atom. The van der Waals surface area contributed by atoms with Crippen LogP contribution >= 0.6 is 0 Å². The highest BCUT2D eigenvalue weighted by Crippen LogP contribution is 2.12. The molecule has 1 N–H and O–H groups in total. The zero-order chi connectivity index (χ0) is 14.2. The highest BCUT2D eigenvalue weighted by atomic mass is 28.3. The first-order valence-electron chi connectivity index (χ1n) is 6.44. The number of hydrogen-bond acceptors (Lipinski definition) is 3. The molecule has 0 fully saturated rings. The molecule has 0 aliphatic heterocycles. The molecule has 0 unspecified atom stereocenters. The van der Waals surface area contributed by atoms with Crippen LogP contribution in [-0.4, -0.2) is 38.8 Å². The third-order valence-electron chi connectivity index (χ3n) is 2.72. The molecular weight excluding hydrogens is 244 g/mol. The molecular formula is C14H28O3Si. The predicted octanol–water partition coefficient (Wildman–Crippen LogP) is 3.20. The fraction of sp³-hybridized carbons (Fsp3) is 0.714. The molecule has 0 spiro atoms. The molecule has 0 aromatic carbocycles. The molecule has 0 saturated heterocycles. The molecule has 18 heavy (non-hydrogen) atoms. The second-order valence-electron chi connectivity index (χ2n) is 5.81. The van der Waals surface area contributed by atoms with Crippen LogP contribution in [0.5, 0.6) is 0 Å². The van der Waals surface area contributed by atoms with E-state index in [4.69, 9.17) is 9.47 Å². The van der Waals surface area contributed by atoms with Gasteiger partial charge in [0, 0.05) is 21.1 Å². The van der Waals surface area contributed by atoms with E-state index in [1.54, 1.807) is 0 Å². The lowest BCUT2D eigenvalue weighted by atomic mass is 10.1. The molecule has 0 aromatic heterocycles. The van der Waals surface area contributed by atoms with E-state index in [1.807, 2.05) is 6.92 Å². The van der Waals surface area contributed by atoms with Crippen molar-refractivity contribution in [1.82, 2.24) is 0 Å². The summed E-state index contributed by atoms with van der Waals surface area (Å²) in [5.41, 5.74) is 0.858. The first kappa shape index (κ1) is 17.6. The van der Waals surface area contributed by atoms with Gasteiger partial charge in [-0.1, -0.05) is 32.3 Å². The van der Waals surface area contributed by atoms with Crippen molar-refractivity contribution in [2.24, 2.45) is 0 Å². The van der Waals surface area contributed by atoms with Crippen LogP contribution in [0, 0.1) is 0 Å². The maximum absolute atomic E-state index is 9.42. The number of rotatable bonds is 10. The van der Waals surface area contributed by atoms with Gasteiger partial charge in [-0.25, -0.2) is 0 Å². The number of aliphatic hydroxyl groups is 1. The van der Waals surface area contributed by atoms with Gasteiger partial charge in [0.2, 0.25) is 0 Å². The molecule has 0 aromatic rings. The fourth-order valence-electron chi connectivity index (χ4n) is 1.22. The van der Waals surface area contributed by atoms with Crippen molar-refractivity contribution in [3.05, 3.63) is 24.8 Å². The summed E-state index contributed by atoms with van der Waals surface area (Å²) >= 11 is 0. The standard InChI is InChI=1S/C14H28O3Si/c1-7-14(15)10-12(2)13(3)17-11-16-8-9-18(4,5)6/h7,13-15H,1-2,8-11H2,3-6H3/t13-,14-/m0/s1. The lowest BCUT2D eigenvalue weighted by Crippen LogP contribution is -2.23. The smallest absolute Gasteiger partial charge is 0.147 e. The summed E-state index contributed by atoms with van der Waals surface area (Å²) in [6, 6.07) is 1.14. The third-order valence-corrected chi connectivity index (χ3v) is 4.42. The van der Waals surface area contributed by atoms with Crippen LogP contribution in [0.2, 0.25) is 25.7 Å². The van der Waals surface area contributed by atoms with Crippen molar-refractivity contribution >= 4 is 8.07 Å². The third kappa shape index (κ3) is 9.59. The number of aliphatic hydroxyl groups excluding tert-OH is 1. The van der Waals surface area contributed by atoms with E-state index < -0.39 is 14.2 Å². The maximum atomic E-state index is 9.42. The van der Waals surface area contributed by atoms with Crippen LogP contribution in [0.3, 0.4) is 0 Å². The zero-order valence-corrected chi connectivity index (χ0v) is 13.2. The van der Waals surface area contributed by atoms with Crippen LogP contribution in [0.25, 0.3) is 0 Å². The molecule has 4 heteroatoms. The van der Waals surface area contributed by atoms with Gasteiger partial charge in [0.15, 0.2) is 0 Å². The van der Waals surface area contributed by atoms with Gasteiger partial charge in [-0.15, -0.1) is 6.58 Å². The van der Waals surface area contributed by atoms with Crippen LogP contribution in [0.1, 0.15) is 13.3 Å². The minimum Gasteiger partial charge on any atom is -0.389 e. The van der Waals surface area contributed by atoms with Gasteiger partial charge < -0.3 is 14.6 Å². The van der Waals surface area contributed by atoms with E-state index >= 15 is 0 Å². The Balaban J connectivity index is 3.67. The van der Waals surface area contributed by atoms with E-state index in [0.29, 0.717) is 6.42 Å². The van der Waals surface area contributed by atoms with Gasteiger partial charge in [0.05, 0.1) is 12.2 Å². The lowest BCUT2D eigenvalue weighted by Gasteiger charge is -2.19. The van der Waals surface area contributed by atoms with Crippen molar-refractivity contribution in [2.45, 2.75) is 51.2 Å².